The van der Waals surface area contributed by atoms with Crippen LogP contribution in [-0.4, -0.2) is 39.0 Å². The van der Waals surface area contributed by atoms with Crippen LogP contribution in [0.1, 0.15) is 51.5 Å². The lowest BCUT2D eigenvalue weighted by Crippen LogP contribution is -2.41. The van der Waals surface area contributed by atoms with E-state index >= 15 is 0 Å². The van der Waals surface area contributed by atoms with Crippen LogP contribution in [0.3, 0.4) is 0 Å². The van der Waals surface area contributed by atoms with Gasteiger partial charge in [0.15, 0.2) is 5.76 Å². The van der Waals surface area contributed by atoms with Crippen LogP contribution in [0.15, 0.2) is 43.3 Å². The summed E-state index contributed by atoms with van der Waals surface area (Å²) in [5, 5.41) is 14.1. The highest BCUT2D eigenvalue weighted by molar-refractivity contribution is 7.89. The van der Waals surface area contributed by atoms with Crippen molar-refractivity contribution in [2.45, 2.75) is 76.1 Å². The highest BCUT2D eigenvalue weighted by Crippen LogP contribution is 2.36. The maximum atomic E-state index is 13.3. The summed E-state index contributed by atoms with van der Waals surface area (Å²) < 4.78 is 36.0. The number of aromatic nitrogens is 3. The molecule has 2 heterocycles. The smallest absolute Gasteiger partial charge is 0.331 e. The average molecular weight is 477 g/mol. The van der Waals surface area contributed by atoms with E-state index < -0.39 is 32.4 Å². The summed E-state index contributed by atoms with van der Waals surface area (Å²) >= 11 is 0. The normalized spacial score (nSPS) is 15.8. The molecule has 178 valence electrons. The molecule has 0 radical (unpaired) electrons. The molecule has 2 N–H and O–H groups in total. The molecule has 0 atom stereocenters. The highest BCUT2D eigenvalue weighted by atomic mass is 32.2. The number of hydrogen-bond acceptors (Lipinski definition) is 7. The first-order valence-corrected chi connectivity index (χ1v) is 12.2. The molecule has 1 aromatic carbocycles. The van der Waals surface area contributed by atoms with Crippen molar-refractivity contribution in [1.29, 1.82) is 0 Å². The number of aryl methyl sites for hydroxylation is 2. The summed E-state index contributed by atoms with van der Waals surface area (Å²) in [7, 11) is -3.84. The minimum atomic E-state index is -3.84. The fourth-order valence-corrected chi connectivity index (χ4v) is 5.12. The van der Waals surface area contributed by atoms with Crippen LogP contribution in [0.5, 0.6) is 0 Å². The van der Waals surface area contributed by atoms with Crippen LogP contribution in [0.25, 0.3) is 10.9 Å². The van der Waals surface area contributed by atoms with Crippen molar-refractivity contribution in [1.82, 2.24) is 19.0 Å². The van der Waals surface area contributed by atoms with E-state index in [9.17, 15) is 23.1 Å². The van der Waals surface area contributed by atoms with Gasteiger partial charge in [-0.25, -0.2) is 17.9 Å². The average Bonchev–Trinajstić information content (AvgIpc) is 3.27. The molecule has 1 aliphatic rings. The number of benzene rings is 1. The molecule has 0 spiro atoms. The van der Waals surface area contributed by atoms with Crippen molar-refractivity contribution in [3.05, 3.63) is 56.6 Å². The monoisotopic (exact) mass is 476 g/mol. The van der Waals surface area contributed by atoms with E-state index in [0.717, 1.165) is 17.4 Å². The van der Waals surface area contributed by atoms with Gasteiger partial charge in [-0.2, -0.15) is 0 Å². The summed E-state index contributed by atoms with van der Waals surface area (Å²) in [5.74, 6) is 0.326. The Bertz CT molecular complexity index is 1440. The van der Waals surface area contributed by atoms with Crippen molar-refractivity contribution in [3.63, 3.8) is 0 Å². The zero-order chi connectivity index (χ0) is 24.2. The maximum absolute atomic E-state index is 13.3. The van der Waals surface area contributed by atoms with Crippen LogP contribution in [0, 0.1) is 6.92 Å². The van der Waals surface area contributed by atoms with Crippen LogP contribution in [-0.2, 0) is 23.1 Å². The largest absolute Gasteiger partial charge is 0.390 e. The van der Waals surface area contributed by atoms with Gasteiger partial charge >= 0.3 is 5.69 Å². The summed E-state index contributed by atoms with van der Waals surface area (Å²) in [6.07, 6.45) is 1.75. The van der Waals surface area contributed by atoms with Crippen molar-refractivity contribution in [2.24, 2.45) is 0 Å². The fourth-order valence-electron chi connectivity index (χ4n) is 3.63. The van der Waals surface area contributed by atoms with Gasteiger partial charge in [0.1, 0.15) is 0 Å². The second-order valence-electron chi connectivity index (χ2n) is 9.67. The topological polar surface area (TPSA) is 136 Å². The Morgan fingerprint density at radius 2 is 1.91 bits per heavy atom. The van der Waals surface area contributed by atoms with E-state index in [1.54, 1.807) is 26.8 Å². The molecule has 0 bridgehead atoms. The van der Waals surface area contributed by atoms with Crippen LogP contribution in [0.2, 0.25) is 0 Å². The molecule has 3 aromatic rings. The zero-order valence-corrected chi connectivity index (χ0v) is 19.9. The van der Waals surface area contributed by atoms with E-state index in [-0.39, 0.29) is 29.8 Å². The van der Waals surface area contributed by atoms with E-state index in [0.29, 0.717) is 17.0 Å². The van der Waals surface area contributed by atoms with E-state index in [4.69, 9.17) is 4.52 Å². The van der Waals surface area contributed by atoms with Gasteiger partial charge in [0.05, 0.1) is 33.6 Å². The second-order valence-corrected chi connectivity index (χ2v) is 11.4. The quantitative estimate of drug-likeness (QED) is 0.503. The number of nitrogens with one attached hydrogen (secondary N) is 1. The zero-order valence-electron chi connectivity index (χ0n) is 19.1. The predicted molar refractivity (Wildman–Crippen MR) is 122 cm³/mol. The third kappa shape index (κ3) is 4.94. The van der Waals surface area contributed by atoms with Gasteiger partial charge in [0.25, 0.3) is 5.56 Å². The second kappa shape index (κ2) is 7.93. The highest BCUT2D eigenvalue weighted by Gasteiger charge is 2.41. The number of aliphatic hydroxyl groups is 1. The fraction of sp³-hybridized carbons (Fsp3) is 0.500. The van der Waals surface area contributed by atoms with Crippen LogP contribution >= 0.6 is 0 Å². The van der Waals surface area contributed by atoms with Gasteiger partial charge in [0, 0.05) is 18.2 Å². The number of fused-ring (bicyclic) bond motifs is 1. The van der Waals surface area contributed by atoms with Crippen LogP contribution in [0.4, 0.5) is 0 Å². The molecule has 4 rings (SSSR count). The van der Waals surface area contributed by atoms with Gasteiger partial charge in [0.2, 0.25) is 10.0 Å². The first-order chi connectivity index (χ1) is 15.3. The Labute approximate surface area is 190 Å². The molecule has 0 aliphatic heterocycles. The molecule has 1 aliphatic carbocycles. The summed E-state index contributed by atoms with van der Waals surface area (Å²) in [6, 6.07) is 5.78. The van der Waals surface area contributed by atoms with Gasteiger partial charge in [-0.1, -0.05) is 5.16 Å². The molecule has 10 nitrogen and oxygen atoms in total. The van der Waals surface area contributed by atoms with Crippen LogP contribution < -0.4 is 16.0 Å². The van der Waals surface area contributed by atoms with Gasteiger partial charge in [-0.15, -0.1) is 0 Å². The Kier molecular flexibility index (Phi) is 5.62. The number of hydrogen-bond donors (Lipinski definition) is 2. The Balaban J connectivity index is 1.88. The SMILES string of the molecule is Cc1cc(Cn2c(=O)c3cc(S(=O)(=O)NC4(C)CC4)ccc3n(CCC(C)(C)O)c2=O)on1. The molecule has 2 aromatic heterocycles. The Morgan fingerprint density at radius 3 is 2.48 bits per heavy atom. The molecule has 0 amide bonds. The van der Waals surface area contributed by atoms with Crippen molar-refractivity contribution in [2.75, 3.05) is 0 Å². The number of nitrogens with zero attached hydrogens (tertiary/aromatic N) is 3. The standard InChI is InChI=1S/C22H28N4O6S/c1-14-11-15(32-23-14)13-26-19(27)17-12-16(33(30,31)24-22(4)7-8-22)5-6-18(17)25(20(26)28)10-9-21(2,3)29/h5-6,11-12,24,29H,7-10,13H2,1-4H3. The first-order valence-electron chi connectivity index (χ1n) is 10.7. The minimum Gasteiger partial charge on any atom is -0.390 e. The summed E-state index contributed by atoms with van der Waals surface area (Å²) in [6.45, 7) is 6.79. The number of sulfonamides is 1. The lowest BCUT2D eigenvalue weighted by molar-refractivity contribution is 0.0660. The summed E-state index contributed by atoms with van der Waals surface area (Å²) in [4.78, 5) is 26.5. The molecular weight excluding hydrogens is 448 g/mol. The molecule has 1 fully saturated rings. The lowest BCUT2D eigenvalue weighted by Gasteiger charge is -2.20. The van der Waals surface area contributed by atoms with Gasteiger partial charge < -0.3 is 9.63 Å². The summed E-state index contributed by atoms with van der Waals surface area (Å²) in [5.41, 5.74) is -1.81. The van der Waals surface area contributed by atoms with Gasteiger partial charge in [-0.3, -0.25) is 13.9 Å². The molecule has 11 heteroatoms. The molecule has 33 heavy (non-hydrogen) atoms. The van der Waals surface area contributed by atoms with Crippen molar-refractivity contribution < 1.29 is 18.0 Å². The Morgan fingerprint density at radius 1 is 1.21 bits per heavy atom. The minimum absolute atomic E-state index is 0.0463. The maximum Gasteiger partial charge on any atom is 0.331 e. The first kappa shape index (κ1) is 23.4. The lowest BCUT2D eigenvalue weighted by atomic mass is 10.1. The van der Waals surface area contributed by atoms with Gasteiger partial charge in [-0.05, 0) is 65.2 Å². The third-order valence-corrected chi connectivity index (χ3v) is 7.46. The van der Waals surface area contributed by atoms with E-state index in [2.05, 4.69) is 9.88 Å². The molecule has 0 unspecified atom stereocenters. The van der Waals surface area contributed by atoms with Crippen molar-refractivity contribution >= 4 is 20.9 Å². The van der Waals surface area contributed by atoms with E-state index in [1.807, 2.05) is 6.92 Å². The molecule has 0 saturated heterocycles. The molecular formula is C22H28N4O6S. The van der Waals surface area contributed by atoms with E-state index in [1.165, 1.54) is 22.8 Å². The third-order valence-electron chi connectivity index (χ3n) is 5.83. The Hall–Kier alpha value is -2.76. The van der Waals surface area contributed by atoms with Crippen molar-refractivity contribution in [3.8, 4) is 0 Å². The predicted octanol–water partition coefficient (Wildman–Crippen LogP) is 1.50. The molecule has 1 saturated carbocycles. The number of rotatable bonds is 8.